The molecule has 1 aromatic heterocycles. The molecular formula is C20H18BrN3O2S. The summed E-state index contributed by atoms with van der Waals surface area (Å²) in [7, 11) is -2.94. The minimum Gasteiger partial charge on any atom is -0.288 e. The van der Waals surface area contributed by atoms with E-state index in [1.54, 1.807) is 6.21 Å². The molecule has 1 atom stereocenters. The molecule has 0 saturated carbocycles. The topological polar surface area (TPSA) is 64.3 Å². The standard InChI is InChI=1S/C20H18BrN3O2S/c21-17-8-6-15(7-9-17)20-16(12-22-18-10-11-27(25,26)14-18)13-24(23-20)19-4-2-1-3-5-19/h1-9,12-13,18H,10-11,14H2. The van der Waals surface area contributed by atoms with Crippen LogP contribution in [0.4, 0.5) is 0 Å². The first-order valence-electron chi connectivity index (χ1n) is 8.65. The molecule has 2 heterocycles. The van der Waals surface area contributed by atoms with Gasteiger partial charge in [0.15, 0.2) is 9.84 Å². The molecular weight excluding hydrogens is 426 g/mol. The Kier molecular flexibility index (Phi) is 4.97. The molecule has 1 aliphatic heterocycles. The van der Waals surface area contributed by atoms with Crippen LogP contribution in [0, 0.1) is 0 Å². The number of halogens is 1. The molecule has 4 rings (SSSR count). The predicted octanol–water partition coefficient (Wildman–Crippen LogP) is 3.91. The maximum atomic E-state index is 11.7. The number of hydrogen-bond donors (Lipinski definition) is 0. The van der Waals surface area contributed by atoms with Crippen LogP contribution in [0.25, 0.3) is 16.9 Å². The molecule has 3 aromatic rings. The zero-order valence-electron chi connectivity index (χ0n) is 14.5. The second kappa shape index (κ2) is 7.40. The molecule has 0 radical (unpaired) electrons. The van der Waals surface area contributed by atoms with Gasteiger partial charge in [-0.05, 0) is 30.7 Å². The average molecular weight is 444 g/mol. The lowest BCUT2D eigenvalue weighted by Gasteiger charge is -2.01. The summed E-state index contributed by atoms with van der Waals surface area (Å²) in [4.78, 5) is 4.53. The summed E-state index contributed by atoms with van der Waals surface area (Å²) in [5.41, 5.74) is 3.62. The Bertz CT molecular complexity index is 1070. The quantitative estimate of drug-likeness (QED) is 0.574. The van der Waals surface area contributed by atoms with Gasteiger partial charge in [0.2, 0.25) is 0 Å². The van der Waals surface area contributed by atoms with Crippen molar-refractivity contribution in [2.45, 2.75) is 12.5 Å². The van der Waals surface area contributed by atoms with Crippen molar-refractivity contribution in [3.8, 4) is 16.9 Å². The van der Waals surface area contributed by atoms with E-state index in [1.807, 2.05) is 65.5 Å². The fraction of sp³-hybridized carbons (Fsp3) is 0.200. The molecule has 5 nitrogen and oxygen atoms in total. The van der Waals surface area contributed by atoms with Crippen LogP contribution in [0.15, 0.2) is 70.3 Å². The lowest BCUT2D eigenvalue weighted by Crippen LogP contribution is -2.07. The Labute approximate surface area is 166 Å². The average Bonchev–Trinajstić information content (AvgIpc) is 3.24. The monoisotopic (exact) mass is 443 g/mol. The molecule has 27 heavy (non-hydrogen) atoms. The van der Waals surface area contributed by atoms with E-state index in [0.717, 1.165) is 27.0 Å². The third kappa shape index (κ3) is 4.20. The number of aromatic nitrogens is 2. The van der Waals surface area contributed by atoms with Crippen molar-refractivity contribution in [2.75, 3.05) is 11.5 Å². The van der Waals surface area contributed by atoms with Crippen molar-refractivity contribution < 1.29 is 8.42 Å². The van der Waals surface area contributed by atoms with Crippen molar-refractivity contribution in [3.05, 3.63) is 70.8 Å². The Hall–Kier alpha value is -2.25. The number of rotatable bonds is 4. The minimum absolute atomic E-state index is 0.129. The number of benzene rings is 2. The van der Waals surface area contributed by atoms with Gasteiger partial charge < -0.3 is 0 Å². The first-order chi connectivity index (χ1) is 13.0. The zero-order valence-corrected chi connectivity index (χ0v) is 16.9. The molecule has 0 aliphatic carbocycles. The summed E-state index contributed by atoms with van der Waals surface area (Å²) in [5.74, 6) is 0.349. The summed E-state index contributed by atoms with van der Waals surface area (Å²) in [6.45, 7) is 0. The number of aliphatic imine (C=N–C) groups is 1. The highest BCUT2D eigenvalue weighted by molar-refractivity contribution is 9.10. The second-order valence-electron chi connectivity index (χ2n) is 6.56. The zero-order chi connectivity index (χ0) is 18.9. The predicted molar refractivity (Wildman–Crippen MR) is 111 cm³/mol. The van der Waals surface area contributed by atoms with E-state index >= 15 is 0 Å². The summed E-state index contributed by atoms with van der Waals surface area (Å²) < 4.78 is 26.2. The van der Waals surface area contributed by atoms with E-state index in [4.69, 9.17) is 5.10 Å². The molecule has 0 bridgehead atoms. The highest BCUT2D eigenvalue weighted by atomic mass is 79.9. The fourth-order valence-corrected chi connectivity index (χ4v) is 5.01. The molecule has 0 N–H and O–H groups in total. The van der Waals surface area contributed by atoms with Gasteiger partial charge in [0.1, 0.15) is 5.69 Å². The van der Waals surface area contributed by atoms with E-state index < -0.39 is 9.84 Å². The van der Waals surface area contributed by atoms with Gasteiger partial charge in [-0.25, -0.2) is 13.1 Å². The van der Waals surface area contributed by atoms with Gasteiger partial charge >= 0.3 is 0 Å². The first-order valence-corrected chi connectivity index (χ1v) is 11.3. The van der Waals surface area contributed by atoms with Gasteiger partial charge in [0, 0.05) is 28.0 Å². The number of para-hydroxylation sites is 1. The summed E-state index contributed by atoms with van der Waals surface area (Å²) in [6, 6.07) is 17.6. The molecule has 1 fully saturated rings. The van der Waals surface area contributed by atoms with E-state index in [2.05, 4.69) is 20.9 Å². The summed E-state index contributed by atoms with van der Waals surface area (Å²) >= 11 is 3.46. The van der Waals surface area contributed by atoms with Crippen molar-refractivity contribution >= 4 is 32.0 Å². The van der Waals surface area contributed by atoms with Gasteiger partial charge in [-0.2, -0.15) is 5.10 Å². The lowest BCUT2D eigenvalue weighted by molar-refractivity contribution is 0.601. The Morgan fingerprint density at radius 2 is 1.85 bits per heavy atom. The minimum atomic E-state index is -2.94. The third-order valence-corrected chi connectivity index (χ3v) is 6.79. The van der Waals surface area contributed by atoms with Crippen LogP contribution in [0.5, 0.6) is 0 Å². The van der Waals surface area contributed by atoms with Crippen LogP contribution < -0.4 is 0 Å². The Balaban J connectivity index is 1.72. The van der Waals surface area contributed by atoms with E-state index in [1.165, 1.54) is 0 Å². The number of nitrogens with zero attached hydrogens (tertiary/aromatic N) is 3. The lowest BCUT2D eigenvalue weighted by atomic mass is 10.1. The fourth-order valence-electron chi connectivity index (χ4n) is 3.11. The van der Waals surface area contributed by atoms with Crippen LogP contribution in [-0.4, -0.2) is 42.0 Å². The highest BCUT2D eigenvalue weighted by Crippen LogP contribution is 2.25. The maximum absolute atomic E-state index is 11.7. The Morgan fingerprint density at radius 1 is 1.11 bits per heavy atom. The smallest absolute Gasteiger partial charge is 0.152 e. The number of hydrogen-bond acceptors (Lipinski definition) is 4. The van der Waals surface area contributed by atoms with Crippen molar-refractivity contribution in [2.24, 2.45) is 4.99 Å². The highest BCUT2D eigenvalue weighted by Gasteiger charge is 2.27. The van der Waals surface area contributed by atoms with E-state index in [9.17, 15) is 8.42 Å². The van der Waals surface area contributed by atoms with Crippen LogP contribution >= 0.6 is 15.9 Å². The normalized spacial score (nSPS) is 18.9. The molecule has 0 spiro atoms. The van der Waals surface area contributed by atoms with Crippen molar-refractivity contribution in [3.63, 3.8) is 0 Å². The van der Waals surface area contributed by atoms with Gasteiger partial charge in [-0.15, -0.1) is 0 Å². The van der Waals surface area contributed by atoms with Crippen molar-refractivity contribution in [1.82, 2.24) is 9.78 Å². The third-order valence-electron chi connectivity index (χ3n) is 4.51. The van der Waals surface area contributed by atoms with Crippen LogP contribution in [0.2, 0.25) is 0 Å². The summed E-state index contributed by atoms with van der Waals surface area (Å²) in [5, 5.41) is 4.75. The molecule has 1 saturated heterocycles. The number of sulfone groups is 1. The van der Waals surface area contributed by atoms with Gasteiger partial charge in [-0.3, -0.25) is 4.99 Å². The summed E-state index contributed by atoms with van der Waals surface area (Å²) in [6.07, 6.45) is 4.27. The SMILES string of the molecule is O=S1(=O)CCC(N=Cc2cn(-c3ccccc3)nc2-c2ccc(Br)cc2)C1. The van der Waals surface area contributed by atoms with Gasteiger partial charge in [-0.1, -0.05) is 46.3 Å². The molecule has 0 amide bonds. The van der Waals surface area contributed by atoms with Gasteiger partial charge in [0.05, 0.1) is 23.2 Å². The largest absolute Gasteiger partial charge is 0.288 e. The Morgan fingerprint density at radius 3 is 2.52 bits per heavy atom. The second-order valence-corrected chi connectivity index (χ2v) is 9.70. The molecule has 7 heteroatoms. The first kappa shape index (κ1) is 18.1. The van der Waals surface area contributed by atoms with E-state index in [0.29, 0.717) is 6.42 Å². The van der Waals surface area contributed by atoms with E-state index in [-0.39, 0.29) is 17.5 Å². The molecule has 138 valence electrons. The van der Waals surface area contributed by atoms with Crippen molar-refractivity contribution in [1.29, 1.82) is 0 Å². The van der Waals surface area contributed by atoms with Crippen LogP contribution in [-0.2, 0) is 9.84 Å². The molecule has 1 unspecified atom stereocenters. The van der Waals surface area contributed by atoms with Crippen LogP contribution in [0.1, 0.15) is 12.0 Å². The molecule has 2 aromatic carbocycles. The maximum Gasteiger partial charge on any atom is 0.152 e. The van der Waals surface area contributed by atoms with Crippen LogP contribution in [0.3, 0.4) is 0 Å². The van der Waals surface area contributed by atoms with Gasteiger partial charge in [0.25, 0.3) is 0 Å². The molecule has 1 aliphatic rings.